The van der Waals surface area contributed by atoms with Crippen LogP contribution in [-0.2, 0) is 11.2 Å². The van der Waals surface area contributed by atoms with Gasteiger partial charge in [-0.25, -0.2) is 9.37 Å². The van der Waals surface area contributed by atoms with Crippen molar-refractivity contribution in [2.24, 2.45) is 0 Å². The number of nitrogens with one attached hydrogen (secondary N) is 1. The molecule has 0 spiro atoms. The summed E-state index contributed by atoms with van der Waals surface area (Å²) in [4.78, 5) is 18.9. The van der Waals surface area contributed by atoms with Crippen LogP contribution in [0.25, 0.3) is 0 Å². The summed E-state index contributed by atoms with van der Waals surface area (Å²) >= 11 is 0. The maximum absolute atomic E-state index is 12.7. The normalized spacial score (nSPS) is 10.7. The van der Waals surface area contributed by atoms with Crippen molar-refractivity contribution in [3.8, 4) is 0 Å². The fourth-order valence-electron chi connectivity index (χ4n) is 2.00. The molecule has 0 unspecified atom stereocenters. The van der Waals surface area contributed by atoms with E-state index >= 15 is 0 Å². The number of imidazole rings is 1. The third-order valence-electron chi connectivity index (χ3n) is 3.14. The number of hydrogen-bond acceptors (Lipinski definition) is 3. The molecule has 1 aromatic carbocycles. The Balaban J connectivity index is 1.53. The molecule has 0 aliphatic heterocycles. The number of Topliss-reactive ketones (excluding diaryl/α,β-unsaturated/α-hetero) is 1. The zero-order valence-corrected chi connectivity index (χ0v) is 11.8. The van der Waals surface area contributed by atoms with Gasteiger partial charge >= 0.3 is 0 Å². The standard InChI is InChI=1S/C16H19FN2O2/c17-14-7-5-13(6-8-14)16(20)4-2-10-21-9-1-3-15-11-18-12-19-15/h5-8,11-12H,1-4,9-10H2,(H,18,19). The molecule has 0 aliphatic rings. The number of aromatic nitrogens is 2. The number of ketones is 1. The van der Waals surface area contributed by atoms with Gasteiger partial charge in [0.05, 0.1) is 12.0 Å². The smallest absolute Gasteiger partial charge is 0.162 e. The predicted octanol–water partition coefficient (Wildman–Crippen LogP) is 3.16. The number of nitrogens with zero attached hydrogens (tertiary/aromatic N) is 1. The van der Waals surface area contributed by atoms with Crippen molar-refractivity contribution < 1.29 is 13.9 Å². The highest BCUT2D eigenvalue weighted by atomic mass is 19.1. The van der Waals surface area contributed by atoms with Crippen molar-refractivity contribution in [2.45, 2.75) is 25.7 Å². The minimum absolute atomic E-state index is 0.0233. The Kier molecular flexibility index (Phi) is 6.09. The third-order valence-corrected chi connectivity index (χ3v) is 3.14. The molecule has 0 aliphatic carbocycles. The molecule has 0 atom stereocenters. The van der Waals surface area contributed by atoms with Crippen molar-refractivity contribution in [3.05, 3.63) is 53.9 Å². The number of rotatable bonds is 9. The van der Waals surface area contributed by atoms with Crippen LogP contribution in [0.2, 0.25) is 0 Å². The SMILES string of the molecule is O=C(CCCOCCCc1c[nH]cn1)c1ccc(F)cc1. The fourth-order valence-corrected chi connectivity index (χ4v) is 2.00. The number of ether oxygens (including phenoxy) is 1. The second kappa shape index (κ2) is 8.32. The second-order valence-electron chi connectivity index (χ2n) is 4.81. The van der Waals surface area contributed by atoms with Crippen LogP contribution in [0.15, 0.2) is 36.8 Å². The summed E-state index contributed by atoms with van der Waals surface area (Å²) in [6.07, 6.45) is 6.44. The monoisotopic (exact) mass is 290 g/mol. The van der Waals surface area contributed by atoms with E-state index in [-0.39, 0.29) is 11.6 Å². The molecule has 1 heterocycles. The summed E-state index contributed by atoms with van der Waals surface area (Å²) in [5, 5.41) is 0. The summed E-state index contributed by atoms with van der Waals surface area (Å²) in [5.41, 5.74) is 1.58. The van der Waals surface area contributed by atoms with Gasteiger partial charge < -0.3 is 9.72 Å². The first-order valence-electron chi connectivity index (χ1n) is 7.10. The van der Waals surface area contributed by atoms with Gasteiger partial charge in [0.1, 0.15) is 5.82 Å². The average molecular weight is 290 g/mol. The van der Waals surface area contributed by atoms with Crippen LogP contribution in [0, 0.1) is 5.82 Å². The number of hydrogen-bond donors (Lipinski definition) is 1. The molecule has 2 rings (SSSR count). The highest BCUT2D eigenvalue weighted by Gasteiger charge is 2.05. The Hall–Kier alpha value is -2.01. The van der Waals surface area contributed by atoms with Gasteiger partial charge in [0.15, 0.2) is 5.78 Å². The topological polar surface area (TPSA) is 55.0 Å². The van der Waals surface area contributed by atoms with Gasteiger partial charge in [0.25, 0.3) is 0 Å². The molecule has 1 N–H and O–H groups in total. The van der Waals surface area contributed by atoms with E-state index in [0.29, 0.717) is 31.6 Å². The second-order valence-corrected chi connectivity index (χ2v) is 4.81. The van der Waals surface area contributed by atoms with Gasteiger partial charge in [0.2, 0.25) is 0 Å². The molecule has 0 amide bonds. The third kappa shape index (κ3) is 5.47. The fraction of sp³-hybridized carbons (Fsp3) is 0.375. The van der Waals surface area contributed by atoms with Crippen LogP contribution >= 0.6 is 0 Å². The molecule has 0 saturated heterocycles. The predicted molar refractivity (Wildman–Crippen MR) is 77.7 cm³/mol. The van der Waals surface area contributed by atoms with E-state index in [0.717, 1.165) is 18.5 Å². The van der Waals surface area contributed by atoms with E-state index in [1.54, 1.807) is 6.33 Å². The maximum atomic E-state index is 12.7. The van der Waals surface area contributed by atoms with Crippen LogP contribution in [0.3, 0.4) is 0 Å². The number of H-pyrrole nitrogens is 1. The van der Waals surface area contributed by atoms with E-state index in [1.165, 1.54) is 24.3 Å². The lowest BCUT2D eigenvalue weighted by Crippen LogP contribution is -2.03. The molecule has 0 radical (unpaired) electrons. The molecule has 0 bridgehead atoms. The molecule has 112 valence electrons. The minimum atomic E-state index is -0.327. The number of carbonyl (C=O) groups is 1. The Morgan fingerprint density at radius 3 is 2.67 bits per heavy atom. The van der Waals surface area contributed by atoms with E-state index in [2.05, 4.69) is 9.97 Å². The van der Waals surface area contributed by atoms with Crippen LogP contribution in [0.4, 0.5) is 4.39 Å². The number of aromatic amines is 1. The van der Waals surface area contributed by atoms with Crippen LogP contribution in [0.5, 0.6) is 0 Å². The van der Waals surface area contributed by atoms with Crippen LogP contribution < -0.4 is 0 Å². The number of halogens is 1. The molecule has 5 heteroatoms. The van der Waals surface area contributed by atoms with E-state index in [1.807, 2.05) is 6.20 Å². The first-order chi connectivity index (χ1) is 10.3. The summed E-state index contributed by atoms with van der Waals surface area (Å²) in [6, 6.07) is 5.64. The highest BCUT2D eigenvalue weighted by Crippen LogP contribution is 2.07. The summed E-state index contributed by atoms with van der Waals surface area (Å²) in [7, 11) is 0. The summed E-state index contributed by atoms with van der Waals surface area (Å²) in [6.45, 7) is 1.23. The zero-order chi connectivity index (χ0) is 14.9. The van der Waals surface area contributed by atoms with Crippen molar-refractivity contribution in [1.29, 1.82) is 0 Å². The van der Waals surface area contributed by atoms with E-state index in [9.17, 15) is 9.18 Å². The van der Waals surface area contributed by atoms with Crippen molar-refractivity contribution in [2.75, 3.05) is 13.2 Å². The van der Waals surface area contributed by atoms with Gasteiger partial charge in [-0.2, -0.15) is 0 Å². The molecular weight excluding hydrogens is 271 g/mol. The van der Waals surface area contributed by atoms with Gasteiger partial charge in [-0.3, -0.25) is 4.79 Å². The molecule has 4 nitrogen and oxygen atoms in total. The van der Waals surface area contributed by atoms with Crippen molar-refractivity contribution >= 4 is 5.78 Å². The van der Waals surface area contributed by atoms with Crippen LogP contribution in [-0.4, -0.2) is 29.0 Å². The van der Waals surface area contributed by atoms with Gasteiger partial charge in [-0.1, -0.05) is 0 Å². The minimum Gasteiger partial charge on any atom is -0.381 e. The van der Waals surface area contributed by atoms with Crippen LogP contribution in [0.1, 0.15) is 35.3 Å². The first kappa shape index (κ1) is 15.4. The molecule has 0 saturated carbocycles. The summed E-state index contributed by atoms with van der Waals surface area (Å²) in [5.74, 6) is -0.304. The van der Waals surface area contributed by atoms with Crippen molar-refractivity contribution in [1.82, 2.24) is 9.97 Å². The Bertz CT molecular complexity index is 538. The largest absolute Gasteiger partial charge is 0.381 e. The lowest BCUT2D eigenvalue weighted by atomic mass is 10.1. The molecule has 0 fully saturated rings. The average Bonchev–Trinajstić information content (AvgIpc) is 3.00. The molecule has 21 heavy (non-hydrogen) atoms. The van der Waals surface area contributed by atoms with Gasteiger partial charge in [-0.15, -0.1) is 0 Å². The van der Waals surface area contributed by atoms with Crippen molar-refractivity contribution in [3.63, 3.8) is 0 Å². The van der Waals surface area contributed by atoms with E-state index < -0.39 is 0 Å². The molecule has 1 aromatic heterocycles. The Morgan fingerprint density at radius 2 is 1.95 bits per heavy atom. The van der Waals surface area contributed by atoms with Gasteiger partial charge in [-0.05, 0) is 43.5 Å². The molecule has 2 aromatic rings. The number of carbonyl (C=O) groups excluding carboxylic acids is 1. The maximum Gasteiger partial charge on any atom is 0.162 e. The first-order valence-corrected chi connectivity index (χ1v) is 7.10. The quantitative estimate of drug-likeness (QED) is 0.570. The highest BCUT2D eigenvalue weighted by molar-refractivity contribution is 5.95. The number of aryl methyl sites for hydroxylation is 1. The number of benzene rings is 1. The molecular formula is C16H19FN2O2. The summed E-state index contributed by atoms with van der Waals surface area (Å²) < 4.78 is 18.2. The zero-order valence-electron chi connectivity index (χ0n) is 11.8. The Morgan fingerprint density at radius 1 is 1.19 bits per heavy atom. The van der Waals surface area contributed by atoms with E-state index in [4.69, 9.17) is 4.74 Å². The lowest BCUT2D eigenvalue weighted by Gasteiger charge is -2.04. The van der Waals surface area contributed by atoms with Gasteiger partial charge in [0, 0.05) is 31.4 Å². The Labute approximate surface area is 123 Å². The lowest BCUT2D eigenvalue weighted by molar-refractivity contribution is 0.0935.